The van der Waals surface area contributed by atoms with Crippen LogP contribution in [-0.4, -0.2) is 66.5 Å². The van der Waals surface area contributed by atoms with E-state index in [1.165, 1.54) is 38.8 Å². The Morgan fingerprint density at radius 2 is 2.00 bits per heavy atom. The quantitative estimate of drug-likeness (QED) is 0.250. The minimum Gasteiger partial charge on any atom is -0.480 e. The SMILES string of the molecule is C=N/C(=C\C=C(/C)S(C)(=N)=O)CNc1nc2c(C)nc(-c3c(OC)ncnc3C3CC3)nc2n([C@@H](C)C(F)(F)F)c1=O. The molecular weight excluding hydrogens is 575 g/mol. The number of ether oxygens (including phenoxy) is 1. The van der Waals surface area contributed by atoms with Crippen LogP contribution in [0.1, 0.15) is 50.0 Å². The molecular formula is C26H30F3N9O3S. The van der Waals surface area contributed by atoms with Gasteiger partial charge < -0.3 is 10.1 Å². The molecule has 0 radical (unpaired) electrons. The van der Waals surface area contributed by atoms with E-state index < -0.39 is 27.5 Å². The fraction of sp³-hybridized carbons (Fsp3) is 0.423. The lowest BCUT2D eigenvalue weighted by atomic mass is 10.1. The first-order valence-corrected chi connectivity index (χ1v) is 14.7. The van der Waals surface area contributed by atoms with Crippen molar-refractivity contribution < 1.29 is 22.1 Å². The topological polar surface area (TPSA) is 161 Å². The van der Waals surface area contributed by atoms with Crippen LogP contribution in [0.25, 0.3) is 22.6 Å². The number of fused-ring (bicyclic) bond motifs is 1. The number of aryl methyl sites for hydroxylation is 1. The van der Waals surface area contributed by atoms with Gasteiger partial charge in [0.25, 0.3) is 5.56 Å². The maximum atomic E-state index is 14.1. The minimum atomic E-state index is -4.79. The highest BCUT2D eigenvalue weighted by molar-refractivity contribution is 7.95. The molecule has 1 aliphatic rings. The maximum Gasteiger partial charge on any atom is 0.409 e. The van der Waals surface area contributed by atoms with Crippen LogP contribution in [0.2, 0.25) is 0 Å². The Kier molecular flexibility index (Phi) is 8.48. The van der Waals surface area contributed by atoms with Crippen molar-refractivity contribution >= 4 is 33.4 Å². The molecule has 0 aliphatic heterocycles. The first kappa shape index (κ1) is 30.7. The highest BCUT2D eigenvalue weighted by Gasteiger charge is 2.40. The van der Waals surface area contributed by atoms with Gasteiger partial charge in [-0.3, -0.25) is 14.4 Å². The molecule has 12 nitrogen and oxygen atoms in total. The van der Waals surface area contributed by atoms with E-state index in [1.807, 2.05) is 0 Å². The number of rotatable bonds is 10. The number of hydrogen-bond donors (Lipinski definition) is 2. The summed E-state index contributed by atoms with van der Waals surface area (Å²) in [5, 5.41) is 2.73. The van der Waals surface area contributed by atoms with Gasteiger partial charge in [0.1, 0.15) is 23.4 Å². The number of halogens is 3. The monoisotopic (exact) mass is 605 g/mol. The maximum absolute atomic E-state index is 14.1. The van der Waals surface area contributed by atoms with Gasteiger partial charge in [0.15, 0.2) is 17.3 Å². The summed E-state index contributed by atoms with van der Waals surface area (Å²) in [6.07, 6.45) is 2.43. The number of anilines is 1. The molecule has 0 amide bonds. The zero-order valence-corrected chi connectivity index (χ0v) is 24.4. The van der Waals surface area contributed by atoms with Crippen LogP contribution in [0.4, 0.5) is 19.0 Å². The molecule has 224 valence electrons. The summed E-state index contributed by atoms with van der Waals surface area (Å²) in [6.45, 7) is 7.24. The number of aliphatic imine (C=N–C) groups is 1. The van der Waals surface area contributed by atoms with Crippen LogP contribution in [0.15, 0.2) is 38.9 Å². The molecule has 3 aromatic rings. The number of methoxy groups -OCH3 is 1. The van der Waals surface area contributed by atoms with Gasteiger partial charge in [0, 0.05) is 17.1 Å². The Bertz CT molecular complexity index is 1780. The van der Waals surface area contributed by atoms with E-state index in [0.717, 1.165) is 19.8 Å². The van der Waals surface area contributed by atoms with Gasteiger partial charge >= 0.3 is 6.18 Å². The van der Waals surface area contributed by atoms with E-state index in [0.29, 0.717) is 15.8 Å². The van der Waals surface area contributed by atoms with Crippen LogP contribution in [0.5, 0.6) is 5.88 Å². The van der Waals surface area contributed by atoms with Gasteiger partial charge in [-0.25, -0.2) is 33.9 Å². The summed E-state index contributed by atoms with van der Waals surface area (Å²) in [6, 6.07) is -2.26. The van der Waals surface area contributed by atoms with Gasteiger partial charge in [-0.2, -0.15) is 13.2 Å². The van der Waals surface area contributed by atoms with Gasteiger partial charge in [0.05, 0.1) is 40.5 Å². The molecule has 2 atom stereocenters. The molecule has 1 aliphatic carbocycles. The normalized spacial score (nSPS) is 16.7. The Morgan fingerprint density at radius 3 is 2.57 bits per heavy atom. The predicted octanol–water partition coefficient (Wildman–Crippen LogP) is 4.54. The molecule has 0 aromatic carbocycles. The smallest absolute Gasteiger partial charge is 0.409 e. The summed E-state index contributed by atoms with van der Waals surface area (Å²) in [5.41, 5.74) is 0.0675. The lowest BCUT2D eigenvalue weighted by molar-refractivity contribution is -0.162. The average Bonchev–Trinajstić information content (AvgIpc) is 3.77. The summed E-state index contributed by atoms with van der Waals surface area (Å²) in [5.74, 6) is -0.0804. The first-order chi connectivity index (χ1) is 19.7. The molecule has 3 aromatic heterocycles. The van der Waals surface area contributed by atoms with Crippen molar-refractivity contribution in [2.24, 2.45) is 4.99 Å². The number of hydrogen-bond acceptors (Lipinski definition) is 11. The van der Waals surface area contributed by atoms with E-state index in [1.54, 1.807) is 6.92 Å². The predicted molar refractivity (Wildman–Crippen MR) is 153 cm³/mol. The Labute approximate surface area is 239 Å². The van der Waals surface area contributed by atoms with Crippen molar-refractivity contribution in [3.8, 4) is 17.3 Å². The van der Waals surface area contributed by atoms with E-state index in [4.69, 9.17) is 9.52 Å². The second-order valence-electron chi connectivity index (χ2n) is 9.87. The lowest BCUT2D eigenvalue weighted by Gasteiger charge is -2.22. The summed E-state index contributed by atoms with van der Waals surface area (Å²) < 4.78 is 67.7. The minimum absolute atomic E-state index is 0.0199. The van der Waals surface area contributed by atoms with Crippen LogP contribution in [0.3, 0.4) is 0 Å². The van der Waals surface area contributed by atoms with Gasteiger partial charge in [0.2, 0.25) is 5.88 Å². The summed E-state index contributed by atoms with van der Waals surface area (Å²) in [7, 11) is -1.53. The largest absolute Gasteiger partial charge is 0.480 e. The third kappa shape index (κ3) is 6.32. The highest BCUT2D eigenvalue weighted by atomic mass is 32.2. The first-order valence-electron chi connectivity index (χ1n) is 12.8. The number of allylic oxidation sites excluding steroid dienone is 3. The van der Waals surface area contributed by atoms with Crippen molar-refractivity contribution in [3.63, 3.8) is 0 Å². The molecule has 16 heteroatoms. The van der Waals surface area contributed by atoms with E-state index in [-0.39, 0.29) is 57.4 Å². The molecule has 0 bridgehead atoms. The van der Waals surface area contributed by atoms with Crippen molar-refractivity contribution in [2.45, 2.75) is 51.7 Å². The third-order valence-electron chi connectivity index (χ3n) is 6.76. The molecule has 1 saturated carbocycles. The molecule has 3 heterocycles. The second-order valence-corrected chi connectivity index (χ2v) is 12.2. The number of alkyl halides is 3. The van der Waals surface area contributed by atoms with Crippen LogP contribution in [-0.2, 0) is 9.73 Å². The number of aromatic nitrogens is 6. The van der Waals surface area contributed by atoms with E-state index >= 15 is 0 Å². The second kappa shape index (κ2) is 11.6. The fourth-order valence-corrected chi connectivity index (χ4v) is 4.38. The lowest BCUT2D eigenvalue weighted by Crippen LogP contribution is -2.35. The van der Waals surface area contributed by atoms with Crippen LogP contribution < -0.4 is 15.6 Å². The highest BCUT2D eigenvalue weighted by Crippen LogP contribution is 2.45. The molecule has 1 fully saturated rings. The van der Waals surface area contributed by atoms with Crippen LogP contribution in [0, 0.1) is 11.7 Å². The molecule has 0 spiro atoms. The third-order valence-corrected chi connectivity index (χ3v) is 8.13. The van der Waals surface area contributed by atoms with E-state index in [2.05, 4.69) is 41.9 Å². The number of nitrogens with one attached hydrogen (secondary N) is 2. The van der Waals surface area contributed by atoms with Gasteiger partial charge in [-0.05, 0) is 52.5 Å². The standard InChI is InChI=1S/C26H30F3N9O3S/c1-13(42(6,30)40)7-10-17(31-4)11-32-22-25(39)38(15(3)26(27,28)29)23-19(36-22)14(2)35-21(37-23)18-20(16-8-9-16)33-12-34-24(18)41-5/h7,10,12,15-16,30H,4,8-9,11H2,1-3,5-6H3,(H,32,36)/b13-7+,17-10-/t15-,42?/m0/s1. The Balaban J connectivity index is 1.89. The van der Waals surface area contributed by atoms with Crippen molar-refractivity contribution in [3.05, 3.63) is 50.8 Å². The average molecular weight is 606 g/mol. The number of nitrogens with zero attached hydrogens (tertiary/aromatic N) is 7. The molecule has 1 unspecified atom stereocenters. The summed E-state index contributed by atoms with van der Waals surface area (Å²) >= 11 is 0. The van der Waals surface area contributed by atoms with Gasteiger partial charge in [-0.15, -0.1) is 0 Å². The van der Waals surface area contributed by atoms with Crippen molar-refractivity contribution in [2.75, 3.05) is 25.2 Å². The van der Waals surface area contributed by atoms with Crippen LogP contribution >= 0.6 is 0 Å². The van der Waals surface area contributed by atoms with Crippen molar-refractivity contribution in [1.82, 2.24) is 29.5 Å². The zero-order chi connectivity index (χ0) is 31.0. The Morgan fingerprint density at radius 1 is 1.31 bits per heavy atom. The molecule has 2 N–H and O–H groups in total. The molecule has 4 rings (SSSR count). The molecule has 0 saturated heterocycles. The molecule has 42 heavy (non-hydrogen) atoms. The summed E-state index contributed by atoms with van der Waals surface area (Å²) in [4.78, 5) is 39.4. The van der Waals surface area contributed by atoms with Gasteiger partial charge in [-0.1, -0.05) is 0 Å². The van der Waals surface area contributed by atoms with E-state index in [9.17, 15) is 22.2 Å². The fourth-order valence-electron chi connectivity index (χ4n) is 4.05. The zero-order valence-electron chi connectivity index (χ0n) is 23.6. The Hall–Kier alpha value is -4.21. The van der Waals surface area contributed by atoms with Crippen molar-refractivity contribution in [1.29, 1.82) is 4.78 Å².